The van der Waals surface area contributed by atoms with Crippen LogP contribution >= 0.6 is 0 Å². The van der Waals surface area contributed by atoms with E-state index in [9.17, 15) is 0 Å². The molecule has 3 nitrogen and oxygen atoms in total. The molecule has 2 aromatic heterocycles. The molecule has 3 rings (SSSR count). The monoisotopic (exact) mass is 266 g/mol. The Morgan fingerprint density at radius 2 is 1.90 bits per heavy atom. The highest BCUT2D eigenvalue weighted by Gasteiger charge is 2.07. The van der Waals surface area contributed by atoms with Gasteiger partial charge in [0.05, 0.1) is 19.3 Å². The van der Waals surface area contributed by atoms with Gasteiger partial charge in [0.1, 0.15) is 5.75 Å². The van der Waals surface area contributed by atoms with Gasteiger partial charge >= 0.3 is 0 Å². The van der Waals surface area contributed by atoms with Gasteiger partial charge in [-0.25, -0.2) is 0 Å². The fourth-order valence-corrected chi connectivity index (χ4v) is 2.62. The number of hydrogen-bond donors (Lipinski definition) is 0. The van der Waals surface area contributed by atoms with Crippen molar-refractivity contribution in [2.75, 3.05) is 7.11 Å². The van der Waals surface area contributed by atoms with Crippen LogP contribution in [0.5, 0.6) is 5.75 Å². The van der Waals surface area contributed by atoms with Crippen molar-refractivity contribution in [1.82, 2.24) is 9.55 Å². The second-order valence-electron chi connectivity index (χ2n) is 5.07. The first-order chi connectivity index (χ1) is 9.67. The van der Waals surface area contributed by atoms with Gasteiger partial charge in [-0.05, 0) is 31.4 Å². The minimum Gasteiger partial charge on any atom is -0.497 e. The molecule has 3 heteroatoms. The molecule has 0 aliphatic heterocycles. The largest absolute Gasteiger partial charge is 0.497 e. The molecule has 0 N–H and O–H groups in total. The van der Waals surface area contributed by atoms with Crippen LogP contribution in [0.2, 0.25) is 0 Å². The van der Waals surface area contributed by atoms with E-state index in [-0.39, 0.29) is 0 Å². The molecular formula is C17H18N2O. The number of para-hydroxylation sites is 1. The normalized spacial score (nSPS) is 10.9. The van der Waals surface area contributed by atoms with E-state index in [0.717, 1.165) is 23.7 Å². The van der Waals surface area contributed by atoms with Crippen LogP contribution in [0.4, 0.5) is 0 Å². The van der Waals surface area contributed by atoms with Crippen LogP contribution in [0.15, 0.2) is 42.5 Å². The molecule has 2 heterocycles. The lowest BCUT2D eigenvalue weighted by molar-refractivity contribution is 0.413. The van der Waals surface area contributed by atoms with E-state index in [1.807, 2.05) is 19.1 Å². The third kappa shape index (κ3) is 2.27. The van der Waals surface area contributed by atoms with Crippen LogP contribution < -0.4 is 4.74 Å². The van der Waals surface area contributed by atoms with Gasteiger partial charge in [-0.3, -0.25) is 4.98 Å². The standard InChI is InChI=1S/C17H18N2O/c1-12-8-16(20-3)10-15(18-12)11-19-13(2)9-14-6-4-5-7-17(14)19/h4-10H,11H2,1-3H3. The van der Waals surface area contributed by atoms with Crippen molar-refractivity contribution in [3.05, 3.63) is 59.5 Å². The zero-order chi connectivity index (χ0) is 14.1. The predicted octanol–water partition coefficient (Wildman–Crippen LogP) is 3.71. The summed E-state index contributed by atoms with van der Waals surface area (Å²) in [7, 11) is 1.69. The fraction of sp³-hybridized carbons (Fsp3) is 0.235. The Hall–Kier alpha value is -2.29. The van der Waals surface area contributed by atoms with E-state index in [1.54, 1.807) is 7.11 Å². The number of ether oxygens (including phenoxy) is 1. The molecule has 0 radical (unpaired) electrons. The highest BCUT2D eigenvalue weighted by molar-refractivity contribution is 5.81. The second-order valence-corrected chi connectivity index (χ2v) is 5.07. The van der Waals surface area contributed by atoms with Gasteiger partial charge in [0.2, 0.25) is 0 Å². The summed E-state index contributed by atoms with van der Waals surface area (Å²) in [5.41, 5.74) is 4.49. The summed E-state index contributed by atoms with van der Waals surface area (Å²) >= 11 is 0. The molecule has 0 amide bonds. The van der Waals surface area contributed by atoms with E-state index in [2.05, 4.69) is 46.8 Å². The highest BCUT2D eigenvalue weighted by atomic mass is 16.5. The van der Waals surface area contributed by atoms with Crippen LogP contribution in [-0.2, 0) is 6.54 Å². The van der Waals surface area contributed by atoms with Gasteiger partial charge in [0.25, 0.3) is 0 Å². The molecule has 20 heavy (non-hydrogen) atoms. The molecule has 0 aliphatic rings. The van der Waals surface area contributed by atoms with Gasteiger partial charge in [0.15, 0.2) is 0 Å². The van der Waals surface area contributed by atoms with Crippen molar-refractivity contribution >= 4 is 10.9 Å². The van der Waals surface area contributed by atoms with Gasteiger partial charge in [-0.15, -0.1) is 0 Å². The fourth-order valence-electron chi connectivity index (χ4n) is 2.62. The number of aromatic nitrogens is 2. The Morgan fingerprint density at radius 1 is 1.10 bits per heavy atom. The number of methoxy groups -OCH3 is 1. The molecule has 0 unspecified atom stereocenters. The lowest BCUT2D eigenvalue weighted by atomic mass is 10.2. The number of hydrogen-bond acceptors (Lipinski definition) is 2. The molecule has 0 fully saturated rings. The SMILES string of the molecule is COc1cc(C)nc(Cn2c(C)cc3ccccc32)c1. The van der Waals surface area contributed by atoms with E-state index in [1.165, 1.54) is 16.6 Å². The van der Waals surface area contributed by atoms with Gasteiger partial charge in [-0.2, -0.15) is 0 Å². The smallest absolute Gasteiger partial charge is 0.122 e. The molecule has 1 aromatic carbocycles. The van der Waals surface area contributed by atoms with Gasteiger partial charge < -0.3 is 9.30 Å². The summed E-state index contributed by atoms with van der Waals surface area (Å²) in [6.07, 6.45) is 0. The van der Waals surface area contributed by atoms with Gasteiger partial charge in [-0.1, -0.05) is 18.2 Å². The Balaban J connectivity index is 2.05. The molecule has 0 aliphatic carbocycles. The second kappa shape index (κ2) is 5.00. The first-order valence-corrected chi connectivity index (χ1v) is 6.74. The number of pyridine rings is 1. The molecule has 3 aromatic rings. The number of aryl methyl sites for hydroxylation is 2. The molecule has 0 atom stereocenters. The Bertz CT molecular complexity index is 759. The molecule has 0 saturated heterocycles. The van der Waals surface area contributed by atoms with E-state index < -0.39 is 0 Å². The summed E-state index contributed by atoms with van der Waals surface area (Å²) in [6.45, 7) is 4.89. The zero-order valence-electron chi connectivity index (χ0n) is 12.1. The summed E-state index contributed by atoms with van der Waals surface area (Å²) in [6, 6.07) is 14.6. The quantitative estimate of drug-likeness (QED) is 0.722. The van der Waals surface area contributed by atoms with Crippen LogP contribution in [-0.4, -0.2) is 16.7 Å². The van der Waals surface area contributed by atoms with Crippen molar-refractivity contribution in [2.24, 2.45) is 0 Å². The van der Waals surface area contributed by atoms with Gasteiger partial charge in [0, 0.05) is 29.0 Å². The molecule has 0 bridgehead atoms. The maximum Gasteiger partial charge on any atom is 0.122 e. The van der Waals surface area contributed by atoms with Crippen LogP contribution in [0.3, 0.4) is 0 Å². The lowest BCUT2D eigenvalue weighted by Crippen LogP contribution is -2.04. The van der Waals surface area contributed by atoms with Crippen LogP contribution in [0.1, 0.15) is 17.1 Å². The third-order valence-corrected chi connectivity index (χ3v) is 3.55. The van der Waals surface area contributed by atoms with Crippen molar-refractivity contribution in [1.29, 1.82) is 0 Å². The van der Waals surface area contributed by atoms with Crippen molar-refractivity contribution < 1.29 is 4.74 Å². The number of rotatable bonds is 3. The summed E-state index contributed by atoms with van der Waals surface area (Å²) in [5.74, 6) is 0.863. The average Bonchev–Trinajstić information content (AvgIpc) is 2.75. The Morgan fingerprint density at radius 3 is 2.70 bits per heavy atom. The third-order valence-electron chi connectivity index (χ3n) is 3.55. The van der Waals surface area contributed by atoms with Crippen LogP contribution in [0, 0.1) is 13.8 Å². The molecule has 0 spiro atoms. The number of benzene rings is 1. The van der Waals surface area contributed by atoms with Crippen molar-refractivity contribution in [3.63, 3.8) is 0 Å². The molecular weight excluding hydrogens is 248 g/mol. The summed E-state index contributed by atoms with van der Waals surface area (Å²) in [5, 5.41) is 1.27. The van der Waals surface area contributed by atoms with E-state index >= 15 is 0 Å². The summed E-state index contributed by atoms with van der Waals surface area (Å²) in [4.78, 5) is 4.60. The predicted molar refractivity (Wildman–Crippen MR) is 81.3 cm³/mol. The number of fused-ring (bicyclic) bond motifs is 1. The molecule has 0 saturated carbocycles. The van der Waals surface area contributed by atoms with E-state index in [4.69, 9.17) is 4.74 Å². The van der Waals surface area contributed by atoms with Crippen molar-refractivity contribution in [3.8, 4) is 5.75 Å². The minimum atomic E-state index is 0.761. The summed E-state index contributed by atoms with van der Waals surface area (Å²) < 4.78 is 7.61. The van der Waals surface area contributed by atoms with Crippen LogP contribution in [0.25, 0.3) is 10.9 Å². The minimum absolute atomic E-state index is 0.761. The Kier molecular flexibility index (Phi) is 3.18. The highest BCUT2D eigenvalue weighted by Crippen LogP contribution is 2.21. The number of nitrogens with zero attached hydrogens (tertiary/aromatic N) is 2. The average molecular weight is 266 g/mol. The lowest BCUT2D eigenvalue weighted by Gasteiger charge is -2.10. The maximum atomic E-state index is 5.32. The van der Waals surface area contributed by atoms with E-state index in [0.29, 0.717) is 0 Å². The first kappa shape index (κ1) is 12.7. The zero-order valence-corrected chi connectivity index (χ0v) is 12.1. The van der Waals surface area contributed by atoms with Crippen molar-refractivity contribution in [2.45, 2.75) is 20.4 Å². The first-order valence-electron chi connectivity index (χ1n) is 6.74. The maximum absolute atomic E-state index is 5.32. The topological polar surface area (TPSA) is 27.1 Å². The molecule has 102 valence electrons. The Labute approximate surface area is 118 Å².